The number of amides is 2. The average Bonchev–Trinajstić information content (AvgIpc) is 3.19. The molecule has 10 heteroatoms. The van der Waals surface area contributed by atoms with E-state index in [2.05, 4.69) is 20.8 Å². The summed E-state index contributed by atoms with van der Waals surface area (Å²) in [6.45, 7) is 6.25. The lowest BCUT2D eigenvalue weighted by Gasteiger charge is -2.08. The van der Waals surface area contributed by atoms with Crippen LogP contribution in [-0.4, -0.2) is 48.5 Å². The van der Waals surface area contributed by atoms with Gasteiger partial charge in [0.05, 0.1) is 30.4 Å². The topological polar surface area (TPSA) is 131 Å². The van der Waals surface area contributed by atoms with Crippen LogP contribution in [0.25, 0.3) is 0 Å². The number of hydrogen-bond acceptors (Lipinski definition) is 5. The van der Waals surface area contributed by atoms with E-state index in [0.717, 1.165) is 0 Å². The van der Waals surface area contributed by atoms with E-state index in [1.54, 1.807) is 10.9 Å². The van der Waals surface area contributed by atoms with Crippen LogP contribution in [0, 0.1) is 0 Å². The fraction of sp³-hybridized carbons (Fsp3) is 0.438. The summed E-state index contributed by atoms with van der Waals surface area (Å²) in [5, 5.41) is 22.2. The Morgan fingerprint density at radius 3 is 2.54 bits per heavy atom. The molecule has 140 valence electrons. The van der Waals surface area contributed by atoms with Crippen LogP contribution in [0.15, 0.2) is 18.6 Å². The molecule has 0 aliphatic heterocycles. The highest BCUT2D eigenvalue weighted by atomic mass is 16.4. The number of aliphatic carboxylic acids is 1. The summed E-state index contributed by atoms with van der Waals surface area (Å²) in [4.78, 5) is 35.3. The first kappa shape index (κ1) is 19.2. The van der Waals surface area contributed by atoms with Crippen LogP contribution in [0.1, 0.15) is 48.0 Å². The Morgan fingerprint density at radius 1 is 1.19 bits per heavy atom. The second-order valence-electron chi connectivity index (χ2n) is 5.97. The molecule has 0 radical (unpaired) electrons. The fourth-order valence-corrected chi connectivity index (χ4v) is 2.18. The molecule has 0 unspecified atom stereocenters. The van der Waals surface area contributed by atoms with Crippen molar-refractivity contribution in [3.63, 3.8) is 0 Å². The average molecular weight is 362 g/mol. The predicted molar refractivity (Wildman–Crippen MR) is 92.9 cm³/mol. The van der Waals surface area contributed by atoms with Gasteiger partial charge in [-0.15, -0.1) is 0 Å². The van der Waals surface area contributed by atoms with E-state index in [1.807, 2.05) is 20.8 Å². The third-order valence-corrected chi connectivity index (χ3v) is 3.42. The molecule has 26 heavy (non-hydrogen) atoms. The lowest BCUT2D eigenvalue weighted by atomic mass is 10.3. The van der Waals surface area contributed by atoms with Gasteiger partial charge < -0.3 is 15.7 Å². The molecule has 0 bridgehead atoms. The summed E-state index contributed by atoms with van der Waals surface area (Å²) in [6, 6.07) is -0.0645. The van der Waals surface area contributed by atoms with Crippen molar-refractivity contribution in [3.8, 4) is 0 Å². The van der Waals surface area contributed by atoms with E-state index in [4.69, 9.17) is 5.11 Å². The van der Waals surface area contributed by atoms with Crippen LogP contribution in [-0.2, 0) is 17.9 Å². The third-order valence-electron chi connectivity index (χ3n) is 3.42. The number of carboxylic acid groups (broad SMARTS) is 1. The minimum atomic E-state index is -0.945. The van der Waals surface area contributed by atoms with Crippen molar-refractivity contribution in [1.82, 2.24) is 24.9 Å². The zero-order valence-corrected chi connectivity index (χ0v) is 14.9. The Hall–Kier alpha value is -3.17. The molecular formula is C16H22N6O4. The van der Waals surface area contributed by atoms with Gasteiger partial charge in [-0.3, -0.25) is 23.7 Å². The minimum absolute atomic E-state index is 0.0645. The quantitative estimate of drug-likeness (QED) is 0.641. The Labute approximate surface area is 150 Å². The number of nitrogens with one attached hydrogen (secondary N) is 2. The molecule has 0 fully saturated rings. The number of carbonyl (C=O) groups is 3. The molecule has 2 amide bonds. The standard InChI is InChI=1S/C16H22N6O4/c1-4-21-9-12(14(20-21)16(26)18-10(2)3)19-15(25)11-7-17-22(8-11)6-5-13(23)24/h7-10H,4-6H2,1-3H3,(H,18,26)(H,19,25)(H,23,24). The largest absolute Gasteiger partial charge is 0.481 e. The monoisotopic (exact) mass is 362 g/mol. The molecule has 2 heterocycles. The molecule has 0 saturated carbocycles. The van der Waals surface area contributed by atoms with Crippen molar-refractivity contribution in [2.24, 2.45) is 0 Å². The van der Waals surface area contributed by atoms with Gasteiger partial charge >= 0.3 is 5.97 Å². The number of anilines is 1. The molecule has 0 atom stereocenters. The summed E-state index contributed by atoms with van der Waals surface area (Å²) in [5.74, 6) is -1.78. The van der Waals surface area contributed by atoms with Gasteiger partial charge in [-0.1, -0.05) is 0 Å². The van der Waals surface area contributed by atoms with Crippen molar-refractivity contribution < 1.29 is 19.5 Å². The van der Waals surface area contributed by atoms with E-state index < -0.39 is 11.9 Å². The molecule has 2 rings (SSSR count). The van der Waals surface area contributed by atoms with Crippen LogP contribution < -0.4 is 10.6 Å². The van der Waals surface area contributed by atoms with Gasteiger partial charge in [0.15, 0.2) is 5.69 Å². The van der Waals surface area contributed by atoms with Crippen molar-refractivity contribution in [2.75, 3.05) is 5.32 Å². The van der Waals surface area contributed by atoms with Gasteiger partial charge in [0.1, 0.15) is 0 Å². The zero-order valence-electron chi connectivity index (χ0n) is 14.9. The van der Waals surface area contributed by atoms with E-state index in [1.165, 1.54) is 17.1 Å². The number of carbonyl (C=O) groups excluding carboxylic acids is 2. The lowest BCUT2D eigenvalue weighted by Crippen LogP contribution is -2.31. The number of aryl methyl sites for hydroxylation is 2. The number of rotatable bonds is 8. The fourth-order valence-electron chi connectivity index (χ4n) is 2.18. The third kappa shape index (κ3) is 4.91. The Kier molecular flexibility index (Phi) is 6.10. The SMILES string of the molecule is CCn1cc(NC(=O)c2cnn(CCC(=O)O)c2)c(C(=O)NC(C)C)n1. The smallest absolute Gasteiger partial charge is 0.305 e. The van der Waals surface area contributed by atoms with Gasteiger partial charge in [0.2, 0.25) is 0 Å². The van der Waals surface area contributed by atoms with E-state index in [-0.39, 0.29) is 36.2 Å². The van der Waals surface area contributed by atoms with Gasteiger partial charge in [0.25, 0.3) is 11.8 Å². The second-order valence-corrected chi connectivity index (χ2v) is 5.97. The van der Waals surface area contributed by atoms with Gasteiger partial charge in [-0.25, -0.2) is 0 Å². The van der Waals surface area contributed by atoms with Crippen molar-refractivity contribution in [1.29, 1.82) is 0 Å². The number of nitrogens with zero attached hydrogens (tertiary/aromatic N) is 4. The summed E-state index contributed by atoms with van der Waals surface area (Å²) >= 11 is 0. The molecule has 0 aliphatic rings. The van der Waals surface area contributed by atoms with E-state index >= 15 is 0 Å². The molecule has 0 aliphatic carbocycles. The van der Waals surface area contributed by atoms with Crippen LogP contribution in [0.4, 0.5) is 5.69 Å². The molecule has 2 aromatic heterocycles. The number of aromatic nitrogens is 4. The molecule has 3 N–H and O–H groups in total. The van der Waals surface area contributed by atoms with Crippen LogP contribution in [0.5, 0.6) is 0 Å². The van der Waals surface area contributed by atoms with Crippen LogP contribution in [0.3, 0.4) is 0 Å². The molecule has 0 spiro atoms. The molecule has 0 aromatic carbocycles. The molecule has 2 aromatic rings. The normalized spacial score (nSPS) is 10.8. The summed E-state index contributed by atoms with van der Waals surface area (Å²) in [5.41, 5.74) is 0.690. The predicted octanol–water partition coefficient (Wildman–Crippen LogP) is 0.965. The highest BCUT2D eigenvalue weighted by Crippen LogP contribution is 2.16. The number of hydrogen-bond donors (Lipinski definition) is 3. The highest BCUT2D eigenvalue weighted by Gasteiger charge is 2.20. The minimum Gasteiger partial charge on any atom is -0.481 e. The molecular weight excluding hydrogens is 340 g/mol. The van der Waals surface area contributed by atoms with Crippen molar-refractivity contribution >= 4 is 23.5 Å². The summed E-state index contributed by atoms with van der Waals surface area (Å²) < 4.78 is 2.94. The van der Waals surface area contributed by atoms with E-state index in [0.29, 0.717) is 12.2 Å². The van der Waals surface area contributed by atoms with Gasteiger partial charge in [-0.05, 0) is 20.8 Å². The highest BCUT2D eigenvalue weighted by molar-refractivity contribution is 6.08. The first-order valence-corrected chi connectivity index (χ1v) is 8.24. The number of carboxylic acids is 1. The first-order valence-electron chi connectivity index (χ1n) is 8.24. The molecule has 10 nitrogen and oxygen atoms in total. The van der Waals surface area contributed by atoms with Gasteiger partial charge in [0, 0.05) is 25.0 Å². The van der Waals surface area contributed by atoms with Crippen LogP contribution >= 0.6 is 0 Å². The molecule has 0 saturated heterocycles. The maximum Gasteiger partial charge on any atom is 0.305 e. The van der Waals surface area contributed by atoms with Gasteiger partial charge in [-0.2, -0.15) is 10.2 Å². The first-order chi connectivity index (χ1) is 12.3. The lowest BCUT2D eigenvalue weighted by molar-refractivity contribution is -0.137. The second kappa shape index (κ2) is 8.28. The summed E-state index contributed by atoms with van der Waals surface area (Å²) in [6.07, 6.45) is 4.29. The Bertz CT molecular complexity index is 808. The zero-order chi connectivity index (χ0) is 19.3. The van der Waals surface area contributed by atoms with E-state index in [9.17, 15) is 14.4 Å². The maximum atomic E-state index is 12.4. The Balaban J connectivity index is 2.14. The van der Waals surface area contributed by atoms with Crippen LogP contribution in [0.2, 0.25) is 0 Å². The maximum absolute atomic E-state index is 12.4. The van der Waals surface area contributed by atoms with Crippen molar-refractivity contribution in [2.45, 2.75) is 46.3 Å². The van der Waals surface area contributed by atoms with Crippen molar-refractivity contribution in [3.05, 3.63) is 29.8 Å². The summed E-state index contributed by atoms with van der Waals surface area (Å²) in [7, 11) is 0. The Morgan fingerprint density at radius 2 is 1.92 bits per heavy atom.